The van der Waals surface area contributed by atoms with Crippen molar-refractivity contribution in [1.29, 1.82) is 0 Å². The van der Waals surface area contributed by atoms with Crippen molar-refractivity contribution in [3.8, 4) is 0 Å². The van der Waals surface area contributed by atoms with Gasteiger partial charge in [-0.2, -0.15) is 0 Å². The first-order chi connectivity index (χ1) is 16.2. The maximum Gasteiger partial charge on any atom is 0.273 e. The van der Waals surface area contributed by atoms with E-state index in [0.29, 0.717) is 38.6 Å². The van der Waals surface area contributed by atoms with Crippen molar-refractivity contribution < 1.29 is 23.2 Å². The number of benzene rings is 1. The van der Waals surface area contributed by atoms with Gasteiger partial charge in [0, 0.05) is 24.7 Å². The lowest BCUT2D eigenvalue weighted by molar-refractivity contribution is -0.127. The van der Waals surface area contributed by atoms with Crippen molar-refractivity contribution >= 4 is 35.0 Å². The molecule has 1 saturated heterocycles. The number of H-pyrrole nitrogens is 1. The maximum absolute atomic E-state index is 13.8. The predicted octanol–water partition coefficient (Wildman–Crippen LogP) is 3.41. The highest BCUT2D eigenvalue weighted by molar-refractivity contribution is 6.34. The molecule has 1 spiro atoms. The molecule has 0 radical (unpaired) electrons. The lowest BCUT2D eigenvalue weighted by Crippen LogP contribution is -2.47. The number of rotatable bonds is 5. The Balaban J connectivity index is 1.32. The summed E-state index contributed by atoms with van der Waals surface area (Å²) in [7, 11) is 0. The third-order valence-corrected chi connectivity index (χ3v) is 7.66. The second kappa shape index (κ2) is 8.33. The van der Waals surface area contributed by atoms with E-state index in [1.807, 2.05) is 4.90 Å². The van der Waals surface area contributed by atoms with Crippen LogP contribution in [0.5, 0.6) is 0 Å². The molecule has 2 aliphatic carbocycles. The average Bonchev–Trinajstić information content (AvgIpc) is 3.41. The van der Waals surface area contributed by atoms with Gasteiger partial charge in [-0.15, -0.1) is 0 Å². The van der Waals surface area contributed by atoms with Gasteiger partial charge in [-0.3, -0.25) is 14.4 Å². The van der Waals surface area contributed by atoms with Gasteiger partial charge in [-0.05, 0) is 51.0 Å². The number of primary amides is 1. The van der Waals surface area contributed by atoms with Crippen LogP contribution in [0, 0.1) is 17.0 Å². The van der Waals surface area contributed by atoms with Crippen LogP contribution in [0.15, 0.2) is 18.5 Å². The number of aromatic nitrogens is 2. The van der Waals surface area contributed by atoms with Gasteiger partial charge in [0.25, 0.3) is 11.8 Å². The second-order valence-corrected chi connectivity index (χ2v) is 9.78. The summed E-state index contributed by atoms with van der Waals surface area (Å²) in [4.78, 5) is 48.3. The van der Waals surface area contributed by atoms with Gasteiger partial charge in [-0.1, -0.05) is 11.6 Å². The molecule has 180 valence electrons. The zero-order valence-corrected chi connectivity index (χ0v) is 19.1. The Morgan fingerprint density at radius 1 is 1.12 bits per heavy atom. The minimum atomic E-state index is -1.06. The largest absolute Gasteiger partial charge is 0.364 e. The molecule has 8 nitrogen and oxygen atoms in total. The van der Waals surface area contributed by atoms with E-state index >= 15 is 0 Å². The number of hydrogen-bond donors (Lipinski definition) is 2. The summed E-state index contributed by atoms with van der Waals surface area (Å²) < 4.78 is 27.3. The molecule has 2 saturated carbocycles. The third-order valence-electron chi connectivity index (χ3n) is 7.36. The Morgan fingerprint density at radius 2 is 1.76 bits per heavy atom. The quantitative estimate of drug-likeness (QED) is 0.624. The fourth-order valence-corrected chi connectivity index (χ4v) is 5.67. The van der Waals surface area contributed by atoms with Gasteiger partial charge in [0.2, 0.25) is 5.91 Å². The number of carbonyl (C=O) groups excluding carboxylic acids is 3. The molecule has 0 atom stereocenters. The number of halogens is 3. The fourth-order valence-electron chi connectivity index (χ4n) is 5.42. The molecule has 1 aliphatic heterocycles. The molecule has 3 aliphatic rings. The standard InChI is InChI=1S/C23H24ClF2N5O3/c24-14-9-15(25)16(26)10-17(14)30-8-7-23(22(30)34)5-3-13(4-6-23)31(12-1-2-12)21(33)19-18(20(27)32)28-11-29-19/h9-13H,1-8H2,(H2,27,32)(H,28,29). The Hall–Kier alpha value is -3.01. The zero-order chi connectivity index (χ0) is 24.2. The summed E-state index contributed by atoms with van der Waals surface area (Å²) in [6.45, 7) is 0.371. The van der Waals surface area contributed by atoms with Crippen LogP contribution < -0.4 is 10.6 Å². The van der Waals surface area contributed by atoms with Gasteiger partial charge in [0.05, 0.1) is 22.5 Å². The number of aromatic amines is 1. The Morgan fingerprint density at radius 3 is 2.41 bits per heavy atom. The Labute approximate surface area is 199 Å². The number of carbonyl (C=O) groups is 3. The SMILES string of the molecule is NC(=O)c1nc[nH]c1C(=O)N(C1CC1)C1CCC2(CC1)CCN(c1cc(F)c(F)cc1Cl)C2=O. The van der Waals surface area contributed by atoms with Crippen molar-refractivity contribution in [2.75, 3.05) is 11.4 Å². The van der Waals surface area contributed by atoms with Crippen LogP contribution >= 0.6 is 11.6 Å². The van der Waals surface area contributed by atoms with Crippen LogP contribution in [0.2, 0.25) is 5.02 Å². The molecule has 5 rings (SSSR count). The van der Waals surface area contributed by atoms with Crippen LogP contribution in [0.3, 0.4) is 0 Å². The highest BCUT2D eigenvalue weighted by atomic mass is 35.5. The molecule has 0 unspecified atom stereocenters. The third kappa shape index (κ3) is 3.73. The van der Waals surface area contributed by atoms with Crippen molar-refractivity contribution in [3.05, 3.63) is 46.5 Å². The molecule has 2 aromatic rings. The normalized spacial score (nSPS) is 24.6. The molecule has 3 fully saturated rings. The number of anilines is 1. The molecular weight excluding hydrogens is 468 g/mol. The summed E-state index contributed by atoms with van der Waals surface area (Å²) >= 11 is 6.11. The molecule has 11 heteroatoms. The van der Waals surface area contributed by atoms with Crippen LogP contribution in [0.1, 0.15) is 65.9 Å². The van der Waals surface area contributed by atoms with Gasteiger partial charge < -0.3 is 20.5 Å². The first kappa shape index (κ1) is 22.8. The zero-order valence-electron chi connectivity index (χ0n) is 18.3. The van der Waals surface area contributed by atoms with E-state index in [4.69, 9.17) is 17.3 Å². The fraction of sp³-hybridized carbons (Fsp3) is 0.478. The van der Waals surface area contributed by atoms with Gasteiger partial charge in [0.15, 0.2) is 17.3 Å². The van der Waals surface area contributed by atoms with Crippen LogP contribution in [-0.4, -0.2) is 51.2 Å². The summed E-state index contributed by atoms with van der Waals surface area (Å²) in [5, 5.41) is -0.00620. The van der Waals surface area contributed by atoms with Gasteiger partial charge >= 0.3 is 0 Å². The number of nitrogens with two attached hydrogens (primary N) is 1. The van der Waals surface area contributed by atoms with Crippen molar-refractivity contribution in [1.82, 2.24) is 14.9 Å². The van der Waals surface area contributed by atoms with Crippen LogP contribution in [-0.2, 0) is 4.79 Å². The number of amides is 3. The van der Waals surface area contributed by atoms with Crippen molar-refractivity contribution in [2.24, 2.45) is 11.1 Å². The summed E-state index contributed by atoms with van der Waals surface area (Å²) in [6.07, 6.45) is 6.00. The maximum atomic E-state index is 13.8. The van der Waals surface area contributed by atoms with Crippen LogP contribution in [0.25, 0.3) is 0 Å². The van der Waals surface area contributed by atoms with Crippen molar-refractivity contribution in [2.45, 2.75) is 57.0 Å². The van der Waals surface area contributed by atoms with Gasteiger partial charge in [0.1, 0.15) is 5.69 Å². The van der Waals surface area contributed by atoms with Crippen LogP contribution in [0.4, 0.5) is 14.5 Å². The number of nitrogens with zero attached hydrogens (tertiary/aromatic N) is 3. The van der Waals surface area contributed by atoms with E-state index < -0.39 is 23.0 Å². The molecule has 3 N–H and O–H groups in total. The Bertz CT molecular complexity index is 1170. The Kier molecular flexibility index (Phi) is 5.58. The number of imidazole rings is 1. The lowest BCUT2D eigenvalue weighted by atomic mass is 9.71. The van der Waals surface area contributed by atoms with E-state index in [9.17, 15) is 23.2 Å². The topological polar surface area (TPSA) is 112 Å². The molecule has 0 bridgehead atoms. The highest BCUT2D eigenvalue weighted by Gasteiger charge is 2.51. The molecule has 1 aromatic carbocycles. The summed E-state index contributed by atoms with van der Waals surface area (Å²) in [5.41, 5.74) is 4.94. The summed E-state index contributed by atoms with van der Waals surface area (Å²) in [5.74, 6) is -3.33. The van der Waals surface area contributed by atoms with E-state index in [2.05, 4.69) is 9.97 Å². The highest BCUT2D eigenvalue weighted by Crippen LogP contribution is 2.49. The molecule has 2 heterocycles. The first-order valence-electron chi connectivity index (χ1n) is 11.3. The molecular formula is C23H24ClF2N5O3. The van der Waals surface area contributed by atoms with E-state index in [1.165, 1.54) is 11.2 Å². The lowest BCUT2D eigenvalue weighted by Gasteiger charge is -2.41. The second-order valence-electron chi connectivity index (χ2n) is 9.37. The monoisotopic (exact) mass is 491 g/mol. The molecule has 3 amide bonds. The van der Waals surface area contributed by atoms with E-state index in [1.54, 1.807) is 0 Å². The first-order valence-corrected chi connectivity index (χ1v) is 11.7. The average molecular weight is 492 g/mol. The molecule has 34 heavy (non-hydrogen) atoms. The van der Waals surface area contributed by atoms with Crippen molar-refractivity contribution in [3.63, 3.8) is 0 Å². The predicted molar refractivity (Wildman–Crippen MR) is 119 cm³/mol. The number of nitrogens with one attached hydrogen (secondary N) is 1. The summed E-state index contributed by atoms with van der Waals surface area (Å²) in [6, 6.07) is 1.86. The van der Waals surface area contributed by atoms with Gasteiger partial charge in [-0.25, -0.2) is 13.8 Å². The number of hydrogen-bond acceptors (Lipinski definition) is 4. The molecule has 1 aromatic heterocycles. The van der Waals surface area contributed by atoms with E-state index in [-0.39, 0.29) is 46.0 Å². The smallest absolute Gasteiger partial charge is 0.273 e. The minimum Gasteiger partial charge on any atom is -0.364 e. The van der Waals surface area contributed by atoms with E-state index in [0.717, 1.165) is 25.0 Å². The minimum absolute atomic E-state index is 0.00620.